The van der Waals surface area contributed by atoms with Gasteiger partial charge in [0.2, 0.25) is 12.9 Å². The third-order valence-corrected chi connectivity index (χ3v) is 7.26. The third-order valence-electron chi connectivity index (χ3n) is 5.80. The highest BCUT2D eigenvalue weighted by molar-refractivity contribution is 9.08. The van der Waals surface area contributed by atoms with Crippen LogP contribution in [-0.2, 0) is 16.5 Å². The molecule has 3 aromatic carbocycles. The van der Waals surface area contributed by atoms with Gasteiger partial charge in [-0.15, -0.1) is 0 Å². The summed E-state index contributed by atoms with van der Waals surface area (Å²) < 4.78 is 20.4. The zero-order chi connectivity index (χ0) is 24.8. The van der Waals surface area contributed by atoms with Crippen LogP contribution in [-0.4, -0.2) is 12.7 Å². The molecule has 0 bridgehead atoms. The van der Waals surface area contributed by atoms with E-state index < -0.39 is 6.10 Å². The van der Waals surface area contributed by atoms with Crippen LogP contribution in [0, 0.1) is 0 Å². The topological polar surface area (TPSA) is 56.8 Å². The number of alkyl halides is 1. The highest BCUT2D eigenvalue weighted by Crippen LogP contribution is 2.36. The van der Waals surface area contributed by atoms with E-state index in [9.17, 15) is 4.79 Å². The Bertz CT molecular complexity index is 1170. The second-order valence-corrected chi connectivity index (χ2v) is 10.2. The highest BCUT2D eigenvalue weighted by Gasteiger charge is 2.27. The number of hydrogen-bond acceptors (Lipinski definition) is 5. The molecule has 0 saturated heterocycles. The van der Waals surface area contributed by atoms with Gasteiger partial charge in [-0.1, -0.05) is 73.5 Å². The van der Waals surface area contributed by atoms with Crippen molar-refractivity contribution in [1.29, 1.82) is 0 Å². The average molecular weight is 557 g/mol. The van der Waals surface area contributed by atoms with E-state index >= 15 is 0 Å². The quantitative estimate of drug-likeness (QED) is 0.209. The molecule has 0 spiro atoms. The number of amides is 1. The van der Waals surface area contributed by atoms with Crippen LogP contribution < -0.4 is 18.9 Å². The molecule has 35 heavy (non-hydrogen) atoms. The van der Waals surface area contributed by atoms with E-state index in [1.165, 1.54) is 23.1 Å². The second-order valence-electron chi connectivity index (χ2n) is 8.73. The molecule has 1 N–H and O–H groups in total. The Morgan fingerprint density at radius 2 is 1.77 bits per heavy atom. The summed E-state index contributed by atoms with van der Waals surface area (Å²) in [5.74, 6) is 2.21. The van der Waals surface area contributed by atoms with E-state index in [-0.39, 0.29) is 12.7 Å². The summed E-state index contributed by atoms with van der Waals surface area (Å²) in [6.07, 6.45) is 0.991. The molecule has 1 atom stereocenters. The number of aryl methyl sites for hydroxylation is 1. The second kappa shape index (κ2) is 11.9. The predicted octanol–water partition coefficient (Wildman–Crippen LogP) is 7.33. The summed E-state index contributed by atoms with van der Waals surface area (Å²) in [4.78, 5) is 14.4. The molecule has 0 saturated carbocycles. The first-order valence-corrected chi connectivity index (χ1v) is 13.7. The van der Waals surface area contributed by atoms with Crippen molar-refractivity contribution in [2.24, 2.45) is 0 Å². The Kier molecular flexibility index (Phi) is 8.63. The number of fused-ring (bicyclic) bond motifs is 1. The minimum Gasteiger partial charge on any atom is -0.476 e. The number of nitrogens with one attached hydrogen (secondary N) is 1. The van der Waals surface area contributed by atoms with Gasteiger partial charge in [-0.05, 0) is 71.3 Å². The molecule has 1 aliphatic heterocycles. The fourth-order valence-corrected chi connectivity index (χ4v) is 4.80. The lowest BCUT2D eigenvalue weighted by Gasteiger charge is -2.21. The first kappa shape index (κ1) is 25.5. The molecule has 0 radical (unpaired) electrons. The van der Waals surface area contributed by atoms with Crippen molar-refractivity contribution in [2.45, 2.75) is 55.9 Å². The molecular formula is C28H30BrNO4S. The number of carbonyl (C=O) groups excluding carboxylic acids is 1. The standard InChI is InChI=1S/C28H30BrNO4S/c1-4-5-21-14-19(16-29)6-12-24(21)34-27(22-9-13-25-26(15-22)33-17-32-25)28(31)30-35-23-10-7-20(8-11-23)18(2)3/h6-15,18,27H,4-5,16-17H2,1-3H3,(H,30,31). The van der Waals surface area contributed by atoms with Gasteiger partial charge in [-0.2, -0.15) is 0 Å². The van der Waals surface area contributed by atoms with Crippen LogP contribution in [0.25, 0.3) is 0 Å². The maximum Gasteiger partial charge on any atom is 0.275 e. The van der Waals surface area contributed by atoms with Crippen LogP contribution in [0.3, 0.4) is 0 Å². The summed E-state index contributed by atoms with van der Waals surface area (Å²) in [6, 6.07) is 19.8. The zero-order valence-corrected chi connectivity index (χ0v) is 22.6. The van der Waals surface area contributed by atoms with E-state index in [0.717, 1.165) is 28.6 Å². The van der Waals surface area contributed by atoms with Gasteiger partial charge < -0.3 is 14.2 Å². The number of benzene rings is 3. The normalized spacial score (nSPS) is 13.1. The van der Waals surface area contributed by atoms with Gasteiger partial charge in [-0.3, -0.25) is 9.52 Å². The third kappa shape index (κ3) is 6.33. The molecule has 1 amide bonds. The molecular weight excluding hydrogens is 526 g/mol. The van der Waals surface area contributed by atoms with Crippen LogP contribution in [0.1, 0.15) is 61.5 Å². The molecule has 1 aliphatic rings. The van der Waals surface area contributed by atoms with Crippen molar-refractivity contribution in [3.05, 3.63) is 82.9 Å². The Morgan fingerprint density at radius 3 is 2.49 bits per heavy atom. The van der Waals surface area contributed by atoms with Gasteiger partial charge in [0.15, 0.2) is 11.5 Å². The number of hydrogen-bond donors (Lipinski definition) is 1. The molecule has 0 fully saturated rings. The lowest BCUT2D eigenvalue weighted by atomic mass is 10.0. The molecule has 5 nitrogen and oxygen atoms in total. The summed E-state index contributed by atoms with van der Waals surface area (Å²) in [7, 11) is 0. The van der Waals surface area contributed by atoms with Crippen LogP contribution in [0.5, 0.6) is 17.2 Å². The monoisotopic (exact) mass is 555 g/mol. The maximum atomic E-state index is 13.5. The lowest BCUT2D eigenvalue weighted by molar-refractivity contribution is -0.126. The van der Waals surface area contributed by atoms with Crippen molar-refractivity contribution in [2.75, 3.05) is 6.79 Å². The van der Waals surface area contributed by atoms with Gasteiger partial charge in [-0.25, -0.2) is 0 Å². The smallest absolute Gasteiger partial charge is 0.275 e. The molecule has 4 rings (SSSR count). The van der Waals surface area contributed by atoms with E-state index in [1.54, 1.807) is 0 Å². The van der Waals surface area contributed by atoms with Gasteiger partial charge in [0.25, 0.3) is 5.91 Å². The molecule has 3 aromatic rings. The minimum atomic E-state index is -0.850. The SMILES string of the molecule is CCCc1cc(CBr)ccc1OC(C(=O)NSc1ccc(C(C)C)cc1)c1ccc2c(c1)OCO2. The number of rotatable bonds is 10. The molecule has 1 heterocycles. The van der Waals surface area contributed by atoms with Crippen molar-refractivity contribution in [3.8, 4) is 17.2 Å². The van der Waals surface area contributed by atoms with E-state index in [1.807, 2.05) is 42.5 Å². The number of halogens is 1. The average Bonchev–Trinajstić information content (AvgIpc) is 3.35. The Balaban J connectivity index is 1.58. The fraction of sp³-hybridized carbons (Fsp3) is 0.321. The van der Waals surface area contributed by atoms with Gasteiger partial charge in [0.1, 0.15) is 5.75 Å². The van der Waals surface area contributed by atoms with Crippen molar-refractivity contribution >= 4 is 33.8 Å². The minimum absolute atomic E-state index is 0.174. The summed E-state index contributed by atoms with van der Waals surface area (Å²) in [6.45, 7) is 6.63. The van der Waals surface area contributed by atoms with Crippen molar-refractivity contribution in [1.82, 2.24) is 4.72 Å². The molecule has 7 heteroatoms. The van der Waals surface area contributed by atoms with E-state index in [4.69, 9.17) is 14.2 Å². The van der Waals surface area contributed by atoms with E-state index in [2.05, 4.69) is 59.6 Å². The Morgan fingerprint density at radius 1 is 1.03 bits per heavy atom. The highest BCUT2D eigenvalue weighted by atomic mass is 79.9. The van der Waals surface area contributed by atoms with Crippen molar-refractivity contribution in [3.63, 3.8) is 0 Å². The maximum absolute atomic E-state index is 13.5. The van der Waals surface area contributed by atoms with Crippen LogP contribution in [0.4, 0.5) is 0 Å². The Labute approximate surface area is 219 Å². The summed E-state index contributed by atoms with van der Waals surface area (Å²) in [5, 5.41) is 0.766. The lowest BCUT2D eigenvalue weighted by Crippen LogP contribution is -2.28. The van der Waals surface area contributed by atoms with Crippen LogP contribution in [0.15, 0.2) is 65.6 Å². The van der Waals surface area contributed by atoms with Gasteiger partial charge >= 0.3 is 0 Å². The zero-order valence-electron chi connectivity index (χ0n) is 20.2. The van der Waals surface area contributed by atoms with Gasteiger partial charge in [0, 0.05) is 15.8 Å². The molecule has 1 unspecified atom stereocenters. The fourth-order valence-electron chi connectivity index (χ4n) is 3.86. The largest absolute Gasteiger partial charge is 0.476 e. The first-order chi connectivity index (χ1) is 17.0. The predicted molar refractivity (Wildman–Crippen MR) is 144 cm³/mol. The van der Waals surface area contributed by atoms with Gasteiger partial charge in [0.05, 0.1) is 0 Å². The summed E-state index contributed by atoms with van der Waals surface area (Å²) >= 11 is 4.81. The van der Waals surface area contributed by atoms with Crippen LogP contribution >= 0.6 is 27.9 Å². The molecule has 0 aliphatic carbocycles. The number of ether oxygens (including phenoxy) is 3. The summed E-state index contributed by atoms with van der Waals surface area (Å²) in [5.41, 5.74) is 4.22. The number of carbonyl (C=O) groups is 1. The Hall–Kier alpha value is -2.64. The molecule has 0 aromatic heterocycles. The molecule has 184 valence electrons. The van der Waals surface area contributed by atoms with Crippen molar-refractivity contribution < 1.29 is 19.0 Å². The van der Waals surface area contributed by atoms with E-state index in [0.29, 0.717) is 28.7 Å². The van der Waals surface area contributed by atoms with Crippen LogP contribution in [0.2, 0.25) is 0 Å². The first-order valence-electron chi connectivity index (χ1n) is 11.8.